The van der Waals surface area contributed by atoms with Gasteiger partial charge in [0.2, 0.25) is 0 Å². The number of carbonyl (C=O) groups is 2. The molecule has 3 rings (SSSR count). The van der Waals surface area contributed by atoms with Gasteiger partial charge in [0.1, 0.15) is 5.84 Å². The topological polar surface area (TPSA) is 108 Å². The van der Waals surface area contributed by atoms with E-state index in [-0.39, 0.29) is 17.6 Å². The van der Waals surface area contributed by atoms with Crippen LogP contribution in [0, 0.1) is 5.41 Å². The lowest BCUT2D eigenvalue weighted by Gasteiger charge is -2.17. The molecular weight excluding hydrogens is 292 g/mol. The van der Waals surface area contributed by atoms with E-state index in [1.165, 1.54) is 0 Å². The van der Waals surface area contributed by atoms with Crippen LogP contribution in [0.5, 0.6) is 0 Å². The van der Waals surface area contributed by atoms with Gasteiger partial charge in [0.15, 0.2) is 0 Å². The second-order valence-corrected chi connectivity index (χ2v) is 5.32. The van der Waals surface area contributed by atoms with Gasteiger partial charge in [-0.15, -0.1) is 0 Å². The van der Waals surface area contributed by atoms with E-state index in [2.05, 4.69) is 10.6 Å². The van der Waals surface area contributed by atoms with Crippen LogP contribution in [0.3, 0.4) is 0 Å². The minimum Gasteiger partial charge on any atom is -0.384 e. The summed E-state index contributed by atoms with van der Waals surface area (Å²) in [6.07, 6.45) is 0.748. The highest BCUT2D eigenvalue weighted by Crippen LogP contribution is 2.19. The van der Waals surface area contributed by atoms with Gasteiger partial charge in [-0.2, -0.15) is 0 Å². The van der Waals surface area contributed by atoms with Crippen molar-refractivity contribution in [3.8, 4) is 0 Å². The molecular formula is C17H16N4O2. The molecule has 0 saturated heterocycles. The fourth-order valence-corrected chi connectivity index (χ4v) is 2.51. The summed E-state index contributed by atoms with van der Waals surface area (Å²) in [7, 11) is 0. The molecule has 0 atom stereocenters. The Hall–Kier alpha value is -3.15. The fourth-order valence-electron chi connectivity index (χ4n) is 2.51. The number of hydrogen-bond donors (Lipinski definition) is 4. The van der Waals surface area contributed by atoms with Gasteiger partial charge in [-0.1, -0.05) is 12.1 Å². The summed E-state index contributed by atoms with van der Waals surface area (Å²) in [6.45, 7) is 0.607. The number of carbonyl (C=O) groups excluding carboxylic acids is 2. The number of amidine groups is 1. The first-order valence-corrected chi connectivity index (χ1v) is 7.21. The predicted octanol–water partition coefficient (Wildman–Crippen LogP) is 1.51. The first-order chi connectivity index (χ1) is 11.0. The van der Waals surface area contributed by atoms with Crippen molar-refractivity contribution in [2.24, 2.45) is 5.73 Å². The van der Waals surface area contributed by atoms with Gasteiger partial charge in [-0.25, -0.2) is 0 Å². The van der Waals surface area contributed by atoms with Gasteiger partial charge in [-0.05, 0) is 42.3 Å². The number of amides is 2. The first kappa shape index (κ1) is 14.8. The Labute approximate surface area is 133 Å². The number of nitrogens with two attached hydrogens (primary N) is 1. The molecule has 0 unspecified atom stereocenters. The number of anilines is 1. The molecule has 2 aromatic rings. The monoisotopic (exact) mass is 308 g/mol. The normalized spacial score (nSPS) is 13.0. The SMILES string of the molecule is N=C(N)c1ccc(C(=O)Nc2ccc3c(c2)CCNC3=O)cc1. The van der Waals surface area contributed by atoms with E-state index in [1.807, 2.05) is 6.07 Å². The van der Waals surface area contributed by atoms with Gasteiger partial charge in [0.25, 0.3) is 11.8 Å². The average molecular weight is 308 g/mol. The number of rotatable bonds is 3. The van der Waals surface area contributed by atoms with E-state index in [0.717, 1.165) is 12.0 Å². The third-order valence-electron chi connectivity index (χ3n) is 3.75. The molecule has 0 aliphatic carbocycles. The largest absolute Gasteiger partial charge is 0.384 e. The van der Waals surface area contributed by atoms with Crippen molar-refractivity contribution in [1.82, 2.24) is 5.32 Å². The number of nitrogen functional groups attached to an aromatic ring is 1. The Morgan fingerprint density at radius 2 is 1.83 bits per heavy atom. The second-order valence-electron chi connectivity index (χ2n) is 5.32. The van der Waals surface area contributed by atoms with Crippen molar-refractivity contribution in [2.75, 3.05) is 11.9 Å². The van der Waals surface area contributed by atoms with Crippen LogP contribution in [0.15, 0.2) is 42.5 Å². The Kier molecular flexibility index (Phi) is 3.80. The van der Waals surface area contributed by atoms with E-state index in [0.29, 0.717) is 28.9 Å². The van der Waals surface area contributed by atoms with E-state index in [4.69, 9.17) is 11.1 Å². The van der Waals surface area contributed by atoms with E-state index >= 15 is 0 Å². The Balaban J connectivity index is 1.77. The molecule has 1 aliphatic heterocycles. The van der Waals surface area contributed by atoms with Crippen molar-refractivity contribution < 1.29 is 9.59 Å². The van der Waals surface area contributed by atoms with Crippen molar-refractivity contribution in [3.05, 3.63) is 64.7 Å². The van der Waals surface area contributed by atoms with E-state index < -0.39 is 0 Å². The minimum atomic E-state index is -0.250. The summed E-state index contributed by atoms with van der Waals surface area (Å²) in [5.41, 5.74) is 8.67. The standard InChI is InChI=1S/C17H16N4O2/c18-15(19)10-1-3-11(4-2-10)16(22)21-13-5-6-14-12(9-13)7-8-20-17(14)23/h1-6,9H,7-8H2,(H3,18,19)(H,20,23)(H,21,22). The number of fused-ring (bicyclic) bond motifs is 1. The number of hydrogen-bond acceptors (Lipinski definition) is 3. The minimum absolute atomic E-state index is 0.0371. The van der Waals surface area contributed by atoms with Crippen LogP contribution in [-0.4, -0.2) is 24.2 Å². The summed E-state index contributed by atoms with van der Waals surface area (Å²) in [4.78, 5) is 24.0. The Morgan fingerprint density at radius 3 is 2.52 bits per heavy atom. The molecule has 1 heterocycles. The molecule has 0 spiro atoms. The summed E-state index contributed by atoms with van der Waals surface area (Å²) in [5.74, 6) is -0.366. The lowest BCUT2D eigenvalue weighted by atomic mass is 9.99. The van der Waals surface area contributed by atoms with Crippen LogP contribution >= 0.6 is 0 Å². The van der Waals surface area contributed by atoms with Crippen molar-refractivity contribution in [3.63, 3.8) is 0 Å². The predicted molar refractivity (Wildman–Crippen MR) is 87.9 cm³/mol. The Bertz CT molecular complexity index is 797. The molecule has 116 valence electrons. The van der Waals surface area contributed by atoms with E-state index in [1.54, 1.807) is 36.4 Å². The molecule has 5 N–H and O–H groups in total. The first-order valence-electron chi connectivity index (χ1n) is 7.21. The summed E-state index contributed by atoms with van der Waals surface area (Å²) in [5, 5.41) is 12.9. The molecule has 2 amide bonds. The van der Waals surface area contributed by atoms with Crippen LogP contribution in [0.25, 0.3) is 0 Å². The maximum Gasteiger partial charge on any atom is 0.255 e. The third-order valence-corrected chi connectivity index (χ3v) is 3.75. The molecule has 1 aliphatic rings. The molecule has 2 aromatic carbocycles. The van der Waals surface area contributed by atoms with Crippen molar-refractivity contribution >= 4 is 23.3 Å². The maximum atomic E-state index is 12.3. The molecule has 0 radical (unpaired) electrons. The fraction of sp³-hybridized carbons (Fsp3) is 0.118. The third kappa shape index (κ3) is 3.06. The van der Waals surface area contributed by atoms with Crippen LogP contribution in [0.4, 0.5) is 5.69 Å². The van der Waals surface area contributed by atoms with E-state index in [9.17, 15) is 9.59 Å². The summed E-state index contributed by atoms with van der Waals surface area (Å²) < 4.78 is 0. The van der Waals surface area contributed by atoms with Gasteiger partial charge >= 0.3 is 0 Å². The zero-order valence-corrected chi connectivity index (χ0v) is 12.3. The van der Waals surface area contributed by atoms with Crippen LogP contribution in [0.1, 0.15) is 31.8 Å². The lowest BCUT2D eigenvalue weighted by Crippen LogP contribution is -2.31. The summed E-state index contributed by atoms with van der Waals surface area (Å²) in [6, 6.07) is 11.8. The smallest absolute Gasteiger partial charge is 0.255 e. The zero-order valence-electron chi connectivity index (χ0n) is 12.3. The molecule has 0 bridgehead atoms. The maximum absolute atomic E-state index is 12.3. The second kappa shape index (κ2) is 5.92. The molecule has 0 saturated carbocycles. The zero-order chi connectivity index (χ0) is 16.4. The van der Waals surface area contributed by atoms with Gasteiger partial charge in [0.05, 0.1) is 0 Å². The molecule has 6 nitrogen and oxygen atoms in total. The lowest BCUT2D eigenvalue weighted by molar-refractivity contribution is 0.0945. The van der Waals surface area contributed by atoms with Crippen molar-refractivity contribution in [1.29, 1.82) is 5.41 Å². The molecule has 0 aromatic heterocycles. The average Bonchev–Trinajstić information content (AvgIpc) is 2.55. The van der Waals surface area contributed by atoms with Gasteiger partial charge in [-0.3, -0.25) is 15.0 Å². The summed E-state index contributed by atoms with van der Waals surface area (Å²) >= 11 is 0. The highest BCUT2D eigenvalue weighted by molar-refractivity contribution is 6.05. The van der Waals surface area contributed by atoms with Crippen molar-refractivity contribution in [2.45, 2.75) is 6.42 Å². The highest BCUT2D eigenvalue weighted by Gasteiger charge is 2.17. The molecule has 23 heavy (non-hydrogen) atoms. The quantitative estimate of drug-likeness (QED) is 0.510. The molecule has 0 fully saturated rings. The van der Waals surface area contributed by atoms with Gasteiger partial charge < -0.3 is 16.4 Å². The molecule has 6 heteroatoms. The Morgan fingerprint density at radius 1 is 1.13 bits per heavy atom. The van der Waals surface area contributed by atoms with Crippen LogP contribution < -0.4 is 16.4 Å². The van der Waals surface area contributed by atoms with Gasteiger partial charge in [0, 0.05) is 28.9 Å². The number of nitrogens with one attached hydrogen (secondary N) is 3. The van der Waals surface area contributed by atoms with Crippen LogP contribution in [0.2, 0.25) is 0 Å². The van der Waals surface area contributed by atoms with Crippen LogP contribution in [-0.2, 0) is 6.42 Å². The highest BCUT2D eigenvalue weighted by atomic mass is 16.2. The number of benzene rings is 2.